The van der Waals surface area contributed by atoms with E-state index >= 15 is 0 Å². The van der Waals surface area contributed by atoms with Gasteiger partial charge < -0.3 is 4.74 Å². The van der Waals surface area contributed by atoms with Crippen molar-refractivity contribution in [1.29, 1.82) is 0 Å². The summed E-state index contributed by atoms with van der Waals surface area (Å²) in [6.45, 7) is 0.620. The molecule has 84 valence electrons. The van der Waals surface area contributed by atoms with Gasteiger partial charge in [-0.2, -0.15) is 5.10 Å². The van der Waals surface area contributed by atoms with E-state index < -0.39 is 0 Å². The molecule has 2 rings (SSSR count). The number of hydrogen-bond donors (Lipinski definition) is 0. The smallest absolute Gasteiger partial charge is 0.233 e. The molecule has 0 amide bonds. The third kappa shape index (κ3) is 3.18. The minimum atomic E-state index is 0.377. The van der Waals surface area contributed by atoms with Crippen LogP contribution in [0.4, 0.5) is 0 Å². The summed E-state index contributed by atoms with van der Waals surface area (Å²) < 4.78 is 5.47. The number of rotatable bonds is 5. The lowest BCUT2D eigenvalue weighted by atomic mass is 10.4. The molecular weight excluding hydrogens is 244 g/mol. The number of ether oxygens (including phenoxy) is 1. The SMILES string of the molecule is ClCc1ccc(OCCc2cccs2)nn1. The molecule has 0 aromatic carbocycles. The van der Waals surface area contributed by atoms with Gasteiger partial charge in [-0.3, -0.25) is 0 Å². The van der Waals surface area contributed by atoms with Gasteiger partial charge in [0.05, 0.1) is 18.2 Å². The lowest BCUT2D eigenvalue weighted by molar-refractivity contribution is 0.306. The van der Waals surface area contributed by atoms with E-state index in [0.717, 1.165) is 12.1 Å². The van der Waals surface area contributed by atoms with E-state index in [1.807, 2.05) is 12.1 Å². The molecule has 0 saturated heterocycles. The van der Waals surface area contributed by atoms with Gasteiger partial charge >= 0.3 is 0 Å². The Labute approximate surface area is 103 Å². The summed E-state index contributed by atoms with van der Waals surface area (Å²) in [6.07, 6.45) is 0.899. The van der Waals surface area contributed by atoms with E-state index in [4.69, 9.17) is 16.3 Å². The fourth-order valence-electron chi connectivity index (χ4n) is 1.21. The first kappa shape index (κ1) is 11.4. The zero-order valence-corrected chi connectivity index (χ0v) is 10.2. The Hall–Kier alpha value is -1.13. The molecular formula is C11H11ClN2OS. The van der Waals surface area contributed by atoms with Gasteiger partial charge in [0.25, 0.3) is 0 Å². The topological polar surface area (TPSA) is 35.0 Å². The van der Waals surface area contributed by atoms with Gasteiger partial charge in [-0.05, 0) is 17.5 Å². The maximum absolute atomic E-state index is 5.61. The highest BCUT2D eigenvalue weighted by Crippen LogP contribution is 2.11. The van der Waals surface area contributed by atoms with Crippen molar-refractivity contribution >= 4 is 22.9 Å². The molecule has 0 N–H and O–H groups in total. The molecule has 5 heteroatoms. The van der Waals surface area contributed by atoms with Crippen LogP contribution in [-0.4, -0.2) is 16.8 Å². The number of alkyl halides is 1. The maximum atomic E-state index is 5.61. The average Bonchev–Trinajstić information content (AvgIpc) is 2.83. The van der Waals surface area contributed by atoms with E-state index in [2.05, 4.69) is 21.6 Å². The lowest BCUT2D eigenvalue weighted by Crippen LogP contribution is -2.02. The number of aromatic nitrogens is 2. The highest BCUT2D eigenvalue weighted by molar-refractivity contribution is 7.09. The van der Waals surface area contributed by atoms with E-state index in [-0.39, 0.29) is 0 Å². The van der Waals surface area contributed by atoms with Crippen LogP contribution in [0.3, 0.4) is 0 Å². The molecule has 2 aromatic rings. The van der Waals surface area contributed by atoms with Gasteiger partial charge in [-0.25, -0.2) is 0 Å². The van der Waals surface area contributed by atoms with E-state index in [9.17, 15) is 0 Å². The van der Waals surface area contributed by atoms with Crippen LogP contribution in [0.5, 0.6) is 5.88 Å². The van der Waals surface area contributed by atoms with Crippen molar-refractivity contribution in [2.45, 2.75) is 12.3 Å². The maximum Gasteiger partial charge on any atom is 0.233 e. The molecule has 0 radical (unpaired) electrons. The third-order valence-electron chi connectivity index (χ3n) is 2.01. The fraction of sp³-hybridized carbons (Fsp3) is 0.273. The van der Waals surface area contributed by atoms with Crippen LogP contribution < -0.4 is 4.74 Å². The van der Waals surface area contributed by atoms with Gasteiger partial charge in [0.2, 0.25) is 5.88 Å². The monoisotopic (exact) mass is 254 g/mol. The van der Waals surface area contributed by atoms with Crippen LogP contribution in [0.2, 0.25) is 0 Å². The van der Waals surface area contributed by atoms with Gasteiger partial charge in [0, 0.05) is 17.4 Å². The molecule has 2 aromatic heterocycles. The molecule has 0 atom stereocenters. The summed E-state index contributed by atoms with van der Waals surface area (Å²) >= 11 is 7.34. The standard InChI is InChI=1S/C11H11ClN2OS/c12-8-9-3-4-11(14-13-9)15-6-5-10-2-1-7-16-10/h1-4,7H,5-6,8H2. The Balaban J connectivity index is 1.81. The number of halogens is 1. The van der Waals surface area contributed by atoms with E-state index in [0.29, 0.717) is 18.4 Å². The third-order valence-corrected chi connectivity index (χ3v) is 3.22. The fourth-order valence-corrected chi connectivity index (χ4v) is 2.04. The second kappa shape index (κ2) is 5.82. The number of hydrogen-bond acceptors (Lipinski definition) is 4. The predicted octanol–water partition coefficient (Wildman–Crippen LogP) is 2.90. The Morgan fingerprint density at radius 3 is 2.81 bits per heavy atom. The molecule has 0 spiro atoms. The van der Waals surface area contributed by atoms with Crippen LogP contribution in [0.25, 0.3) is 0 Å². The van der Waals surface area contributed by atoms with Crippen LogP contribution in [0.1, 0.15) is 10.6 Å². The predicted molar refractivity (Wildman–Crippen MR) is 65.1 cm³/mol. The number of thiophene rings is 1. The normalized spacial score (nSPS) is 10.3. The average molecular weight is 255 g/mol. The van der Waals surface area contributed by atoms with Crippen LogP contribution in [-0.2, 0) is 12.3 Å². The van der Waals surface area contributed by atoms with Crippen molar-refractivity contribution in [2.75, 3.05) is 6.61 Å². The highest BCUT2D eigenvalue weighted by atomic mass is 35.5. The van der Waals surface area contributed by atoms with Crippen molar-refractivity contribution in [3.8, 4) is 5.88 Å². The van der Waals surface area contributed by atoms with Crippen molar-refractivity contribution in [3.05, 3.63) is 40.2 Å². The zero-order valence-electron chi connectivity index (χ0n) is 8.60. The molecule has 0 aliphatic carbocycles. The van der Waals surface area contributed by atoms with Crippen molar-refractivity contribution in [3.63, 3.8) is 0 Å². The number of nitrogens with zero attached hydrogens (tertiary/aromatic N) is 2. The zero-order chi connectivity index (χ0) is 11.2. The molecule has 16 heavy (non-hydrogen) atoms. The minimum absolute atomic E-state index is 0.377. The largest absolute Gasteiger partial charge is 0.476 e. The van der Waals surface area contributed by atoms with Gasteiger partial charge in [-0.15, -0.1) is 28.0 Å². The van der Waals surface area contributed by atoms with Crippen molar-refractivity contribution in [2.24, 2.45) is 0 Å². The molecule has 0 aliphatic rings. The van der Waals surface area contributed by atoms with Gasteiger partial charge in [0.1, 0.15) is 0 Å². The Morgan fingerprint density at radius 1 is 1.25 bits per heavy atom. The summed E-state index contributed by atoms with van der Waals surface area (Å²) in [5, 5.41) is 9.88. The summed E-state index contributed by atoms with van der Waals surface area (Å²) in [7, 11) is 0. The minimum Gasteiger partial charge on any atom is -0.476 e. The summed E-state index contributed by atoms with van der Waals surface area (Å²) in [4.78, 5) is 1.31. The molecule has 0 bridgehead atoms. The van der Waals surface area contributed by atoms with Crippen LogP contribution in [0.15, 0.2) is 29.6 Å². The molecule has 3 nitrogen and oxygen atoms in total. The summed E-state index contributed by atoms with van der Waals surface area (Å²) in [5.41, 5.74) is 0.757. The van der Waals surface area contributed by atoms with Gasteiger partial charge in [-0.1, -0.05) is 6.07 Å². The van der Waals surface area contributed by atoms with Crippen molar-refractivity contribution in [1.82, 2.24) is 10.2 Å². The first-order chi connectivity index (χ1) is 7.88. The molecule has 0 saturated carbocycles. The van der Waals surface area contributed by atoms with E-state index in [1.165, 1.54) is 4.88 Å². The molecule has 0 fully saturated rings. The molecule has 0 aliphatic heterocycles. The Morgan fingerprint density at radius 2 is 2.19 bits per heavy atom. The van der Waals surface area contributed by atoms with Crippen molar-refractivity contribution < 1.29 is 4.74 Å². The quantitative estimate of drug-likeness (QED) is 0.770. The first-order valence-corrected chi connectivity index (χ1v) is 6.33. The Bertz CT molecular complexity index is 416. The van der Waals surface area contributed by atoms with Crippen LogP contribution in [0, 0.1) is 0 Å². The lowest BCUT2D eigenvalue weighted by Gasteiger charge is -2.03. The van der Waals surface area contributed by atoms with Gasteiger partial charge in [0.15, 0.2) is 0 Å². The second-order valence-corrected chi connectivity index (χ2v) is 4.47. The first-order valence-electron chi connectivity index (χ1n) is 4.92. The summed E-state index contributed by atoms with van der Waals surface area (Å²) in [6, 6.07) is 7.74. The van der Waals surface area contributed by atoms with E-state index in [1.54, 1.807) is 17.4 Å². The van der Waals surface area contributed by atoms with Crippen LogP contribution >= 0.6 is 22.9 Å². The highest BCUT2D eigenvalue weighted by Gasteiger charge is 1.99. The Kier molecular flexibility index (Phi) is 4.13. The summed E-state index contributed by atoms with van der Waals surface area (Å²) in [5.74, 6) is 0.924. The second-order valence-electron chi connectivity index (χ2n) is 3.17. The molecule has 2 heterocycles. The molecule has 0 unspecified atom stereocenters.